The summed E-state index contributed by atoms with van der Waals surface area (Å²) in [6.45, 7) is 4.37. The third-order valence-corrected chi connectivity index (χ3v) is 4.50. The molecule has 5 atom stereocenters. The van der Waals surface area contributed by atoms with Crippen LogP contribution >= 0.6 is 0 Å². The minimum atomic E-state index is -0.563. The number of nitrogens with zero attached hydrogens (tertiary/aromatic N) is 3. The zero-order chi connectivity index (χ0) is 20.9. The van der Waals surface area contributed by atoms with Crippen LogP contribution in [0.3, 0.4) is 0 Å². The molecule has 1 aromatic carbocycles. The third kappa shape index (κ3) is 7.09. The van der Waals surface area contributed by atoms with Crippen molar-refractivity contribution in [2.24, 2.45) is 5.11 Å². The monoisotopic (exact) mass is 407 g/mol. The average molecular weight is 407 g/mol. The first-order valence-corrected chi connectivity index (χ1v) is 9.39. The zero-order valence-corrected chi connectivity index (χ0v) is 16.9. The van der Waals surface area contributed by atoms with Crippen molar-refractivity contribution < 1.29 is 28.4 Å². The van der Waals surface area contributed by atoms with Crippen LogP contribution in [-0.2, 0) is 35.0 Å². The SMILES string of the molecule is C=CC[C@H]1O[C@H](CN=[N+]=[N-])[C@@H](OCOC)[C@H](OCc2ccccc2)[C@H]1OCOC. The highest BCUT2D eigenvalue weighted by atomic mass is 16.7. The molecule has 1 fully saturated rings. The summed E-state index contributed by atoms with van der Waals surface area (Å²) in [6.07, 6.45) is -0.128. The summed E-state index contributed by atoms with van der Waals surface area (Å²) < 4.78 is 34.4. The highest BCUT2D eigenvalue weighted by Gasteiger charge is 2.47. The number of methoxy groups -OCH3 is 2. The largest absolute Gasteiger partial charge is 0.369 e. The normalized spacial score (nSPS) is 26.6. The highest BCUT2D eigenvalue weighted by molar-refractivity contribution is 5.13. The van der Waals surface area contributed by atoms with Crippen LogP contribution in [0.4, 0.5) is 0 Å². The summed E-state index contributed by atoms with van der Waals surface area (Å²) >= 11 is 0. The van der Waals surface area contributed by atoms with Gasteiger partial charge in [-0.2, -0.15) is 0 Å². The molecule has 160 valence electrons. The molecule has 0 N–H and O–H groups in total. The Morgan fingerprint density at radius 2 is 1.69 bits per heavy atom. The second-order valence-corrected chi connectivity index (χ2v) is 6.49. The van der Waals surface area contributed by atoms with E-state index in [4.69, 9.17) is 34.0 Å². The van der Waals surface area contributed by atoms with Crippen LogP contribution in [0.1, 0.15) is 12.0 Å². The van der Waals surface area contributed by atoms with E-state index >= 15 is 0 Å². The Labute approximate surface area is 171 Å². The second-order valence-electron chi connectivity index (χ2n) is 6.49. The average Bonchev–Trinajstić information content (AvgIpc) is 2.75. The lowest BCUT2D eigenvalue weighted by Gasteiger charge is -2.45. The Balaban J connectivity index is 2.29. The molecule has 1 saturated heterocycles. The van der Waals surface area contributed by atoms with Gasteiger partial charge in [0.05, 0.1) is 25.4 Å². The predicted molar refractivity (Wildman–Crippen MR) is 106 cm³/mol. The first-order chi connectivity index (χ1) is 14.2. The maximum absolute atomic E-state index is 8.76. The summed E-state index contributed by atoms with van der Waals surface area (Å²) in [5.41, 5.74) is 9.78. The van der Waals surface area contributed by atoms with Gasteiger partial charge in [0.2, 0.25) is 0 Å². The number of hydrogen-bond acceptors (Lipinski definition) is 7. The summed E-state index contributed by atoms with van der Waals surface area (Å²) in [4.78, 5) is 2.85. The standard InChI is InChI=1S/C20H29N3O6/c1-4-8-16-18(27-13-24-2)20(26-12-15-9-6-5-7-10-15)19(28-14-25-3)17(29-16)11-22-23-21/h4-7,9-10,16-20H,1,8,11-14H2,2-3H3/t16-,17-,18+,19-,20-/m1/s1. The molecule has 2 rings (SSSR count). The van der Waals surface area contributed by atoms with Gasteiger partial charge in [0, 0.05) is 19.1 Å². The Morgan fingerprint density at radius 3 is 2.28 bits per heavy atom. The summed E-state index contributed by atoms with van der Waals surface area (Å²) in [5, 5.41) is 3.68. The molecule has 1 aromatic rings. The lowest BCUT2D eigenvalue weighted by atomic mass is 9.92. The summed E-state index contributed by atoms with van der Waals surface area (Å²) in [5.74, 6) is 0. The van der Waals surface area contributed by atoms with E-state index in [9.17, 15) is 0 Å². The number of azide groups is 1. The molecule has 1 aliphatic heterocycles. The van der Waals surface area contributed by atoms with Gasteiger partial charge in [-0.1, -0.05) is 41.5 Å². The molecule has 0 spiro atoms. The van der Waals surface area contributed by atoms with Gasteiger partial charge in [-0.15, -0.1) is 6.58 Å². The van der Waals surface area contributed by atoms with Crippen molar-refractivity contribution in [2.75, 3.05) is 34.4 Å². The van der Waals surface area contributed by atoms with Crippen LogP contribution in [0.15, 0.2) is 48.1 Å². The van der Waals surface area contributed by atoms with Gasteiger partial charge in [0.15, 0.2) is 0 Å². The van der Waals surface area contributed by atoms with Crippen LogP contribution < -0.4 is 0 Å². The van der Waals surface area contributed by atoms with Crippen molar-refractivity contribution in [3.63, 3.8) is 0 Å². The molecule has 1 heterocycles. The fraction of sp³-hybridized carbons (Fsp3) is 0.600. The minimum absolute atomic E-state index is 0.0368. The van der Waals surface area contributed by atoms with Crippen LogP contribution in [0.25, 0.3) is 10.4 Å². The number of benzene rings is 1. The van der Waals surface area contributed by atoms with E-state index in [1.165, 1.54) is 7.11 Å². The van der Waals surface area contributed by atoms with Crippen molar-refractivity contribution >= 4 is 0 Å². The number of hydrogen-bond donors (Lipinski definition) is 0. The fourth-order valence-corrected chi connectivity index (χ4v) is 3.26. The molecule has 0 radical (unpaired) electrons. The summed E-state index contributed by atoms with van der Waals surface area (Å²) in [7, 11) is 3.08. The number of ether oxygens (including phenoxy) is 6. The van der Waals surface area contributed by atoms with E-state index in [2.05, 4.69) is 16.6 Å². The topological polar surface area (TPSA) is 104 Å². The molecule has 0 unspecified atom stereocenters. The Kier molecular flexibility index (Phi) is 10.7. The molecular formula is C20H29N3O6. The fourth-order valence-electron chi connectivity index (χ4n) is 3.26. The maximum Gasteiger partial charge on any atom is 0.146 e. The Hall–Kier alpha value is -1.97. The van der Waals surface area contributed by atoms with Crippen LogP contribution in [0, 0.1) is 0 Å². The van der Waals surface area contributed by atoms with Gasteiger partial charge in [0.25, 0.3) is 0 Å². The van der Waals surface area contributed by atoms with Crippen LogP contribution in [0.2, 0.25) is 0 Å². The molecule has 1 aliphatic rings. The van der Waals surface area contributed by atoms with Gasteiger partial charge in [0.1, 0.15) is 31.9 Å². The third-order valence-electron chi connectivity index (χ3n) is 4.50. The molecule has 0 aliphatic carbocycles. The van der Waals surface area contributed by atoms with Crippen LogP contribution in [0.5, 0.6) is 0 Å². The van der Waals surface area contributed by atoms with Gasteiger partial charge in [-0.3, -0.25) is 0 Å². The first kappa shape index (κ1) is 23.3. The van der Waals surface area contributed by atoms with Gasteiger partial charge < -0.3 is 28.4 Å². The molecule has 9 nitrogen and oxygen atoms in total. The van der Waals surface area contributed by atoms with Gasteiger partial charge >= 0.3 is 0 Å². The number of rotatable bonds is 13. The lowest BCUT2D eigenvalue weighted by Crippen LogP contribution is -2.61. The van der Waals surface area contributed by atoms with E-state index in [1.807, 2.05) is 30.3 Å². The second kappa shape index (κ2) is 13.3. The van der Waals surface area contributed by atoms with Crippen molar-refractivity contribution in [1.29, 1.82) is 0 Å². The van der Waals surface area contributed by atoms with Crippen molar-refractivity contribution in [1.82, 2.24) is 0 Å². The smallest absolute Gasteiger partial charge is 0.146 e. The Bertz CT molecular complexity index is 640. The van der Waals surface area contributed by atoms with E-state index < -0.39 is 24.4 Å². The van der Waals surface area contributed by atoms with Crippen LogP contribution in [-0.4, -0.2) is 64.9 Å². The van der Waals surface area contributed by atoms with E-state index in [-0.39, 0.29) is 26.2 Å². The first-order valence-electron chi connectivity index (χ1n) is 9.39. The van der Waals surface area contributed by atoms with Crippen molar-refractivity contribution in [2.45, 2.75) is 43.5 Å². The molecular weight excluding hydrogens is 378 g/mol. The Morgan fingerprint density at radius 1 is 1.03 bits per heavy atom. The van der Waals surface area contributed by atoms with Crippen molar-refractivity contribution in [3.05, 3.63) is 59.0 Å². The molecule has 0 aromatic heterocycles. The van der Waals surface area contributed by atoms with E-state index in [0.29, 0.717) is 13.0 Å². The van der Waals surface area contributed by atoms with E-state index in [1.54, 1.807) is 13.2 Å². The van der Waals surface area contributed by atoms with E-state index in [0.717, 1.165) is 5.56 Å². The molecule has 9 heteroatoms. The predicted octanol–water partition coefficient (Wildman–Crippen LogP) is 3.20. The quantitative estimate of drug-likeness (QED) is 0.163. The summed E-state index contributed by atoms with van der Waals surface area (Å²) in [6, 6.07) is 9.81. The lowest BCUT2D eigenvalue weighted by molar-refractivity contribution is -0.279. The highest BCUT2D eigenvalue weighted by Crippen LogP contribution is 2.31. The molecule has 0 amide bonds. The minimum Gasteiger partial charge on any atom is -0.369 e. The molecule has 0 bridgehead atoms. The van der Waals surface area contributed by atoms with Gasteiger partial charge in [-0.25, -0.2) is 0 Å². The molecule has 0 saturated carbocycles. The zero-order valence-electron chi connectivity index (χ0n) is 16.9. The van der Waals surface area contributed by atoms with Crippen molar-refractivity contribution in [3.8, 4) is 0 Å². The maximum atomic E-state index is 8.76. The molecule has 29 heavy (non-hydrogen) atoms. The van der Waals surface area contributed by atoms with Gasteiger partial charge in [-0.05, 0) is 17.5 Å².